The van der Waals surface area contributed by atoms with Crippen LogP contribution in [-0.4, -0.2) is 40.1 Å². The number of fused-ring (bicyclic) bond motifs is 6. The molecule has 2 amide bonds. The number of pyridine rings is 1. The average molecular weight is 622 g/mol. The van der Waals surface area contributed by atoms with Gasteiger partial charge in [-0.15, -0.1) is 0 Å². The van der Waals surface area contributed by atoms with Crippen LogP contribution in [0.1, 0.15) is 32.7 Å². The molecular weight excluding hydrogens is 598 g/mol. The highest BCUT2D eigenvalue weighted by atomic mass is 35.5. The number of aryl methyl sites for hydroxylation is 1. The number of halogens is 1. The monoisotopic (exact) mass is 621 g/mol. The van der Waals surface area contributed by atoms with Gasteiger partial charge >= 0.3 is 5.97 Å². The molecule has 2 bridgehead atoms. The lowest BCUT2D eigenvalue weighted by molar-refractivity contribution is -0.385. The number of allylic oxidation sites excluding steroid dienone is 2. The molecule has 3 aliphatic rings. The molecule has 2 fully saturated rings. The fourth-order valence-electron chi connectivity index (χ4n) is 6.72. The molecule has 4 aromatic rings. The molecule has 0 radical (unpaired) electrons. The number of imide groups is 1. The number of esters is 1. The van der Waals surface area contributed by atoms with Crippen LogP contribution in [0.15, 0.2) is 78.9 Å². The van der Waals surface area contributed by atoms with Gasteiger partial charge in [0, 0.05) is 33.2 Å². The molecular formula is C34H24ClN3O7. The summed E-state index contributed by atoms with van der Waals surface area (Å²) in [7, 11) is 0. The lowest BCUT2D eigenvalue weighted by Crippen LogP contribution is -2.32. The van der Waals surface area contributed by atoms with Crippen molar-refractivity contribution < 1.29 is 28.8 Å². The quantitative estimate of drug-likeness (QED) is 0.0601. The highest BCUT2D eigenvalue weighted by molar-refractivity contribution is 6.31. The lowest BCUT2D eigenvalue weighted by Gasteiger charge is -2.17. The normalized spacial score (nSPS) is 21.4. The van der Waals surface area contributed by atoms with Gasteiger partial charge in [-0.3, -0.25) is 29.4 Å². The Morgan fingerprint density at radius 3 is 2.33 bits per heavy atom. The molecule has 10 nitrogen and oxygen atoms in total. The Hall–Kier alpha value is -5.22. The Balaban J connectivity index is 1.15. The number of amides is 2. The number of anilines is 1. The number of Topliss-reactive ketones (excluding diaryl/α,β-unsaturated/α-hetero) is 1. The number of carbonyl (C=O) groups is 4. The van der Waals surface area contributed by atoms with Crippen LogP contribution in [0.4, 0.5) is 11.4 Å². The van der Waals surface area contributed by atoms with E-state index in [2.05, 4.69) is 17.1 Å². The van der Waals surface area contributed by atoms with Crippen molar-refractivity contribution in [3.63, 3.8) is 0 Å². The van der Waals surface area contributed by atoms with Crippen LogP contribution in [0.5, 0.6) is 0 Å². The van der Waals surface area contributed by atoms with Crippen molar-refractivity contribution in [2.45, 2.75) is 13.3 Å². The maximum Gasteiger partial charge on any atom is 0.339 e. The van der Waals surface area contributed by atoms with E-state index < -0.39 is 23.3 Å². The van der Waals surface area contributed by atoms with Gasteiger partial charge in [0.25, 0.3) is 5.69 Å². The summed E-state index contributed by atoms with van der Waals surface area (Å²) >= 11 is 6.22. The molecule has 11 heteroatoms. The summed E-state index contributed by atoms with van der Waals surface area (Å²) in [4.78, 5) is 69.3. The number of rotatable bonds is 7. The van der Waals surface area contributed by atoms with E-state index in [1.165, 1.54) is 23.1 Å². The van der Waals surface area contributed by atoms with Crippen molar-refractivity contribution in [3.05, 3.63) is 111 Å². The third-order valence-corrected chi connectivity index (χ3v) is 9.18. The van der Waals surface area contributed by atoms with Crippen LogP contribution < -0.4 is 4.90 Å². The highest BCUT2D eigenvalue weighted by Gasteiger charge is 2.59. The summed E-state index contributed by atoms with van der Waals surface area (Å²) < 4.78 is 5.37. The number of nitro groups is 1. The van der Waals surface area contributed by atoms with Crippen molar-refractivity contribution in [2.75, 3.05) is 11.5 Å². The number of nitrogens with zero attached hydrogens (tertiary/aromatic N) is 3. The number of benzene rings is 3. The molecule has 1 saturated heterocycles. The number of ketones is 1. The van der Waals surface area contributed by atoms with Crippen molar-refractivity contribution in [3.8, 4) is 11.3 Å². The van der Waals surface area contributed by atoms with Crippen LogP contribution in [0.3, 0.4) is 0 Å². The number of nitro benzene ring substituents is 1. The predicted octanol–water partition coefficient (Wildman–Crippen LogP) is 6.12. The summed E-state index contributed by atoms with van der Waals surface area (Å²) in [6.45, 7) is 0.929. The highest BCUT2D eigenvalue weighted by Crippen LogP contribution is 2.53. The number of carbonyl (C=O) groups excluding carboxylic acids is 4. The first kappa shape index (κ1) is 28.5. The smallest absolute Gasteiger partial charge is 0.339 e. The minimum atomic E-state index is -0.805. The first-order chi connectivity index (χ1) is 21.6. The van der Waals surface area contributed by atoms with Crippen LogP contribution in [0.25, 0.3) is 22.2 Å². The van der Waals surface area contributed by atoms with Crippen molar-refractivity contribution in [1.82, 2.24) is 4.98 Å². The van der Waals surface area contributed by atoms with Crippen LogP contribution in [-0.2, 0) is 14.3 Å². The topological polar surface area (TPSA) is 137 Å². The molecule has 1 aromatic heterocycles. The van der Waals surface area contributed by atoms with Crippen molar-refractivity contribution >= 4 is 57.4 Å². The second-order valence-corrected chi connectivity index (χ2v) is 12.0. The van der Waals surface area contributed by atoms with E-state index >= 15 is 0 Å². The largest absolute Gasteiger partial charge is 0.454 e. The van der Waals surface area contributed by atoms with Gasteiger partial charge in [-0.05, 0) is 61.6 Å². The molecule has 224 valence electrons. The Morgan fingerprint density at radius 2 is 1.67 bits per heavy atom. The molecule has 0 N–H and O–H groups in total. The summed E-state index contributed by atoms with van der Waals surface area (Å²) in [5, 5.41) is 12.1. The van der Waals surface area contributed by atoms with Crippen LogP contribution in [0, 0.1) is 40.7 Å². The minimum absolute atomic E-state index is 0.0472. The second kappa shape index (κ2) is 10.7. The Labute approximate surface area is 261 Å². The molecule has 7 rings (SSSR count). The van der Waals surface area contributed by atoms with Crippen LogP contribution in [0.2, 0.25) is 5.02 Å². The first-order valence-electron chi connectivity index (χ1n) is 14.3. The average Bonchev–Trinajstić information content (AvgIpc) is 3.72. The van der Waals surface area contributed by atoms with Gasteiger partial charge in [0.15, 0.2) is 6.61 Å². The van der Waals surface area contributed by atoms with Crippen LogP contribution >= 0.6 is 11.6 Å². The maximum atomic E-state index is 13.3. The SMILES string of the molecule is Cc1ccc(C(=O)COC(=O)c2cc(-c3ccc(N4C(=O)C5C6C=CC(C6)C5C4=O)cc3)nc3ccc(Cl)cc23)cc1[N+](=O)[O-]. The van der Waals surface area contributed by atoms with E-state index in [0.717, 1.165) is 12.5 Å². The summed E-state index contributed by atoms with van der Waals surface area (Å²) in [6.07, 6.45) is 4.95. The summed E-state index contributed by atoms with van der Waals surface area (Å²) in [5.74, 6) is -2.13. The predicted molar refractivity (Wildman–Crippen MR) is 165 cm³/mol. The van der Waals surface area contributed by atoms with Gasteiger partial charge in [-0.1, -0.05) is 48.0 Å². The first-order valence-corrected chi connectivity index (χ1v) is 14.7. The third kappa shape index (κ3) is 4.78. The zero-order chi connectivity index (χ0) is 31.6. The molecule has 2 heterocycles. The maximum absolute atomic E-state index is 13.3. The van der Waals surface area contributed by atoms with Gasteiger partial charge in [-0.25, -0.2) is 9.78 Å². The second-order valence-electron chi connectivity index (χ2n) is 11.5. The van der Waals surface area contributed by atoms with E-state index in [-0.39, 0.29) is 52.3 Å². The fourth-order valence-corrected chi connectivity index (χ4v) is 6.90. The van der Waals surface area contributed by atoms with E-state index in [9.17, 15) is 29.3 Å². The number of hydrogen-bond acceptors (Lipinski definition) is 8. The standard InChI is InChI=1S/C34H24ClN3O7/c1-17-2-3-19(13-28(17)38(43)44)29(39)16-45-34(42)25-15-27(36-26-11-8-22(35)14-24(25)26)18-6-9-23(10-7-18)37-32(40)30-20-4-5-21(12-20)31(30)33(37)41/h2-11,13-15,20-21,30-31H,12,16H2,1H3. The van der Waals surface area contributed by atoms with E-state index in [0.29, 0.717) is 38.4 Å². The Bertz CT molecular complexity index is 1980. The summed E-state index contributed by atoms with van der Waals surface area (Å²) in [5.41, 5.74) is 2.33. The van der Waals surface area contributed by atoms with Gasteiger partial charge in [0.1, 0.15) is 0 Å². The van der Waals surface area contributed by atoms with Gasteiger partial charge in [0.05, 0.1) is 39.2 Å². The zero-order valence-electron chi connectivity index (χ0n) is 23.8. The van der Waals surface area contributed by atoms with Crippen molar-refractivity contribution in [2.24, 2.45) is 23.7 Å². The number of ether oxygens (including phenoxy) is 1. The Kier molecular flexibility index (Phi) is 6.81. The number of hydrogen-bond donors (Lipinski definition) is 0. The molecule has 4 atom stereocenters. The molecule has 1 saturated carbocycles. The molecule has 4 unspecified atom stereocenters. The molecule has 45 heavy (non-hydrogen) atoms. The minimum Gasteiger partial charge on any atom is -0.454 e. The fraction of sp³-hybridized carbons (Fsp3) is 0.206. The van der Waals surface area contributed by atoms with Gasteiger partial charge in [0.2, 0.25) is 17.6 Å². The zero-order valence-corrected chi connectivity index (χ0v) is 24.6. The molecule has 2 aliphatic carbocycles. The number of aromatic nitrogens is 1. The van der Waals surface area contributed by atoms with E-state index in [4.69, 9.17) is 16.3 Å². The molecule has 3 aromatic carbocycles. The third-order valence-electron chi connectivity index (χ3n) is 8.94. The van der Waals surface area contributed by atoms with Gasteiger partial charge in [-0.2, -0.15) is 0 Å². The van der Waals surface area contributed by atoms with E-state index in [1.807, 2.05) is 0 Å². The lowest BCUT2D eigenvalue weighted by atomic mass is 9.85. The molecule has 0 spiro atoms. The van der Waals surface area contributed by atoms with E-state index in [1.54, 1.807) is 49.4 Å². The van der Waals surface area contributed by atoms with Crippen molar-refractivity contribution in [1.29, 1.82) is 0 Å². The Morgan fingerprint density at radius 1 is 0.978 bits per heavy atom. The van der Waals surface area contributed by atoms with Gasteiger partial charge < -0.3 is 4.74 Å². The summed E-state index contributed by atoms with van der Waals surface area (Å²) in [6, 6.07) is 17.3. The molecule has 1 aliphatic heterocycles.